The van der Waals surface area contributed by atoms with Gasteiger partial charge in [0.15, 0.2) is 5.76 Å². The van der Waals surface area contributed by atoms with Crippen molar-refractivity contribution in [2.45, 2.75) is 0 Å². The molecule has 3 aromatic heterocycles. The van der Waals surface area contributed by atoms with Gasteiger partial charge in [-0.15, -0.1) is 0 Å². The van der Waals surface area contributed by atoms with Crippen LogP contribution in [0.2, 0.25) is 5.02 Å². The molecular formula is C18H12ClN3O2S. The number of furan rings is 2. The van der Waals surface area contributed by atoms with Gasteiger partial charge in [-0.3, -0.25) is 5.43 Å². The highest BCUT2D eigenvalue weighted by atomic mass is 35.5. The molecule has 4 aromatic rings. The van der Waals surface area contributed by atoms with Crippen molar-refractivity contribution in [3.63, 3.8) is 0 Å². The Morgan fingerprint density at radius 2 is 1.72 bits per heavy atom. The SMILES string of the molecule is Clc1ccc(/C=N/Nc2nc(-c3ccco3)c(-c3ccco3)s2)cc1. The van der Waals surface area contributed by atoms with Crippen LogP contribution in [0.25, 0.3) is 22.1 Å². The number of nitrogens with one attached hydrogen (secondary N) is 1. The van der Waals surface area contributed by atoms with Gasteiger partial charge in [0.2, 0.25) is 5.13 Å². The summed E-state index contributed by atoms with van der Waals surface area (Å²) in [6.07, 6.45) is 4.95. The summed E-state index contributed by atoms with van der Waals surface area (Å²) in [6, 6.07) is 14.8. The zero-order chi connectivity index (χ0) is 17.1. The number of hydrazone groups is 1. The lowest BCUT2D eigenvalue weighted by Crippen LogP contribution is -1.89. The van der Waals surface area contributed by atoms with E-state index in [1.54, 1.807) is 18.7 Å². The zero-order valence-corrected chi connectivity index (χ0v) is 14.4. The Hall–Kier alpha value is -2.83. The topological polar surface area (TPSA) is 63.6 Å². The second-order valence-electron chi connectivity index (χ2n) is 5.07. The number of anilines is 1. The molecule has 0 radical (unpaired) electrons. The summed E-state index contributed by atoms with van der Waals surface area (Å²) in [5.41, 5.74) is 4.61. The highest BCUT2D eigenvalue weighted by Gasteiger charge is 2.18. The average molecular weight is 370 g/mol. The fourth-order valence-electron chi connectivity index (χ4n) is 2.23. The molecule has 1 aromatic carbocycles. The molecule has 4 rings (SSSR count). The van der Waals surface area contributed by atoms with Gasteiger partial charge in [-0.25, -0.2) is 4.98 Å². The van der Waals surface area contributed by atoms with Crippen molar-refractivity contribution in [1.82, 2.24) is 4.98 Å². The monoisotopic (exact) mass is 369 g/mol. The lowest BCUT2D eigenvalue weighted by atomic mass is 10.2. The number of thiazole rings is 1. The standard InChI is InChI=1S/C18H12ClN3O2S/c19-13-7-5-12(6-8-13)11-20-22-18-21-16(14-3-1-9-23-14)17(25-18)15-4-2-10-24-15/h1-11H,(H,21,22)/b20-11+. The Morgan fingerprint density at radius 1 is 1.00 bits per heavy atom. The van der Waals surface area contributed by atoms with Gasteiger partial charge < -0.3 is 8.83 Å². The first-order valence-electron chi connectivity index (χ1n) is 7.43. The van der Waals surface area contributed by atoms with Crippen molar-refractivity contribution < 1.29 is 8.83 Å². The van der Waals surface area contributed by atoms with Crippen LogP contribution in [0.4, 0.5) is 5.13 Å². The summed E-state index contributed by atoms with van der Waals surface area (Å²) < 4.78 is 11.0. The molecule has 0 aliphatic rings. The predicted octanol–water partition coefficient (Wildman–Crippen LogP) is 5.76. The molecule has 0 aliphatic heterocycles. The molecule has 5 nitrogen and oxygen atoms in total. The third kappa shape index (κ3) is 3.50. The number of benzene rings is 1. The summed E-state index contributed by atoms with van der Waals surface area (Å²) in [7, 11) is 0. The van der Waals surface area contributed by atoms with Crippen molar-refractivity contribution in [2.24, 2.45) is 5.10 Å². The van der Waals surface area contributed by atoms with Crippen LogP contribution in [0, 0.1) is 0 Å². The molecule has 7 heteroatoms. The van der Waals surface area contributed by atoms with Crippen molar-refractivity contribution >= 4 is 34.3 Å². The minimum atomic E-state index is 0.642. The highest BCUT2D eigenvalue weighted by Crippen LogP contribution is 2.39. The quantitative estimate of drug-likeness (QED) is 0.358. The predicted molar refractivity (Wildman–Crippen MR) is 100 cm³/mol. The van der Waals surface area contributed by atoms with Crippen LogP contribution in [0.15, 0.2) is 75.0 Å². The summed E-state index contributed by atoms with van der Waals surface area (Å²) in [4.78, 5) is 5.45. The maximum absolute atomic E-state index is 5.87. The van der Waals surface area contributed by atoms with Crippen molar-refractivity contribution in [1.29, 1.82) is 0 Å². The van der Waals surface area contributed by atoms with Gasteiger partial charge in [-0.1, -0.05) is 35.1 Å². The number of nitrogens with zero attached hydrogens (tertiary/aromatic N) is 2. The van der Waals surface area contributed by atoms with E-state index in [0.717, 1.165) is 16.2 Å². The summed E-state index contributed by atoms with van der Waals surface area (Å²) in [6.45, 7) is 0. The van der Waals surface area contributed by atoms with E-state index in [2.05, 4.69) is 15.5 Å². The third-order valence-corrected chi connectivity index (χ3v) is 4.60. The van der Waals surface area contributed by atoms with Crippen LogP contribution in [0.1, 0.15) is 5.56 Å². The van der Waals surface area contributed by atoms with E-state index in [1.165, 1.54) is 11.3 Å². The van der Waals surface area contributed by atoms with Gasteiger partial charge in [0.05, 0.1) is 18.7 Å². The van der Waals surface area contributed by atoms with Crippen molar-refractivity contribution in [2.75, 3.05) is 5.43 Å². The molecule has 0 amide bonds. The first-order chi connectivity index (χ1) is 12.3. The lowest BCUT2D eigenvalue weighted by Gasteiger charge is -1.94. The van der Waals surface area contributed by atoms with Gasteiger partial charge in [-0.2, -0.15) is 5.10 Å². The van der Waals surface area contributed by atoms with Crippen molar-refractivity contribution in [3.8, 4) is 22.1 Å². The number of halogens is 1. The second-order valence-corrected chi connectivity index (χ2v) is 6.51. The van der Waals surface area contributed by atoms with E-state index in [-0.39, 0.29) is 0 Å². The van der Waals surface area contributed by atoms with E-state index < -0.39 is 0 Å². The molecule has 3 heterocycles. The summed E-state index contributed by atoms with van der Waals surface area (Å²) >= 11 is 7.32. The molecule has 0 saturated heterocycles. The van der Waals surface area contributed by atoms with Crippen LogP contribution >= 0.6 is 22.9 Å². The van der Waals surface area contributed by atoms with E-state index in [1.807, 2.05) is 48.5 Å². The fourth-order valence-corrected chi connectivity index (χ4v) is 3.25. The van der Waals surface area contributed by atoms with Crippen LogP contribution in [-0.2, 0) is 0 Å². The number of rotatable bonds is 5. The number of hydrogen-bond donors (Lipinski definition) is 1. The van der Waals surface area contributed by atoms with Gasteiger partial charge in [0.1, 0.15) is 16.3 Å². The second kappa shape index (κ2) is 6.96. The zero-order valence-electron chi connectivity index (χ0n) is 12.8. The molecule has 0 spiro atoms. The van der Waals surface area contributed by atoms with Crippen LogP contribution < -0.4 is 5.43 Å². The van der Waals surface area contributed by atoms with Crippen LogP contribution in [0.5, 0.6) is 0 Å². The maximum Gasteiger partial charge on any atom is 0.204 e. The molecule has 0 bridgehead atoms. The number of hydrogen-bond acceptors (Lipinski definition) is 6. The van der Waals surface area contributed by atoms with E-state index >= 15 is 0 Å². The lowest BCUT2D eigenvalue weighted by molar-refractivity contribution is 0.575. The van der Waals surface area contributed by atoms with E-state index in [9.17, 15) is 0 Å². The molecule has 0 unspecified atom stereocenters. The Labute approximate surface area is 152 Å². The minimum absolute atomic E-state index is 0.642. The average Bonchev–Trinajstić information content (AvgIpc) is 3.37. The van der Waals surface area contributed by atoms with Gasteiger partial charge in [0.25, 0.3) is 0 Å². The van der Waals surface area contributed by atoms with Gasteiger partial charge >= 0.3 is 0 Å². The van der Waals surface area contributed by atoms with E-state index in [4.69, 9.17) is 20.4 Å². The summed E-state index contributed by atoms with van der Waals surface area (Å²) in [5, 5.41) is 5.56. The molecule has 1 N–H and O–H groups in total. The molecular weight excluding hydrogens is 358 g/mol. The largest absolute Gasteiger partial charge is 0.463 e. The molecule has 25 heavy (non-hydrogen) atoms. The van der Waals surface area contributed by atoms with Crippen molar-refractivity contribution in [3.05, 3.63) is 71.6 Å². The normalized spacial score (nSPS) is 11.2. The number of aromatic nitrogens is 1. The Kier molecular flexibility index (Phi) is 4.37. The molecule has 0 saturated carbocycles. The van der Waals surface area contributed by atoms with Gasteiger partial charge in [0, 0.05) is 5.02 Å². The molecule has 124 valence electrons. The first-order valence-corrected chi connectivity index (χ1v) is 8.62. The van der Waals surface area contributed by atoms with Gasteiger partial charge in [-0.05, 0) is 42.0 Å². The Morgan fingerprint density at radius 3 is 2.40 bits per heavy atom. The fraction of sp³-hybridized carbons (Fsp3) is 0. The Balaban J connectivity index is 1.60. The molecule has 0 atom stereocenters. The summed E-state index contributed by atoms with van der Waals surface area (Å²) in [5.74, 6) is 1.41. The first kappa shape index (κ1) is 15.7. The van der Waals surface area contributed by atoms with Crippen LogP contribution in [-0.4, -0.2) is 11.2 Å². The van der Waals surface area contributed by atoms with Crippen LogP contribution in [0.3, 0.4) is 0 Å². The smallest absolute Gasteiger partial charge is 0.204 e. The minimum Gasteiger partial charge on any atom is -0.463 e. The van der Waals surface area contributed by atoms with E-state index in [0.29, 0.717) is 21.6 Å². The maximum atomic E-state index is 5.87. The molecule has 0 fully saturated rings. The highest BCUT2D eigenvalue weighted by molar-refractivity contribution is 7.19. The third-order valence-electron chi connectivity index (χ3n) is 3.37. The Bertz CT molecular complexity index is 922. The molecule has 0 aliphatic carbocycles.